The largest absolute Gasteiger partial charge is 0.301 e. The Balaban J connectivity index is 4.39. The van der Waals surface area contributed by atoms with E-state index in [2.05, 4.69) is 44.0 Å². The fourth-order valence-corrected chi connectivity index (χ4v) is 2.26. The minimum Gasteiger partial charge on any atom is -0.301 e. The molecule has 1 N–H and O–H groups in total. The summed E-state index contributed by atoms with van der Waals surface area (Å²) in [5.74, 6) is 0. The first-order valence-electron chi connectivity index (χ1n) is 6.93. The molecule has 0 fully saturated rings. The van der Waals surface area contributed by atoms with Gasteiger partial charge >= 0.3 is 0 Å². The Kier molecular flexibility index (Phi) is 8.20. The Morgan fingerprint density at radius 2 is 1.94 bits per heavy atom. The Bertz CT molecular complexity index is 234. The zero-order valence-corrected chi connectivity index (χ0v) is 12.2. The van der Waals surface area contributed by atoms with Gasteiger partial charge in [-0.25, -0.2) is 0 Å². The van der Waals surface area contributed by atoms with Crippen LogP contribution in [0, 0.1) is 11.3 Å². The van der Waals surface area contributed by atoms with E-state index in [0.717, 1.165) is 32.5 Å². The van der Waals surface area contributed by atoms with Gasteiger partial charge in [0.15, 0.2) is 0 Å². The first-order valence-corrected chi connectivity index (χ1v) is 6.93. The molecule has 17 heavy (non-hydrogen) atoms. The molecular weight excluding hydrogens is 210 g/mol. The molecule has 3 heteroatoms. The lowest BCUT2D eigenvalue weighted by Crippen LogP contribution is -2.47. The molecule has 3 nitrogen and oxygen atoms in total. The lowest BCUT2D eigenvalue weighted by molar-refractivity contribution is 0.184. The molecule has 0 spiro atoms. The third-order valence-electron chi connectivity index (χ3n) is 3.26. The highest BCUT2D eigenvalue weighted by Crippen LogP contribution is 2.16. The lowest BCUT2D eigenvalue weighted by Gasteiger charge is -2.33. The van der Waals surface area contributed by atoms with Crippen LogP contribution >= 0.6 is 0 Å². The van der Waals surface area contributed by atoms with E-state index in [9.17, 15) is 5.26 Å². The molecular formula is C14H29N3. The molecule has 0 bridgehead atoms. The fourth-order valence-electron chi connectivity index (χ4n) is 2.26. The third-order valence-corrected chi connectivity index (χ3v) is 3.26. The molecule has 2 atom stereocenters. The van der Waals surface area contributed by atoms with E-state index in [1.165, 1.54) is 6.42 Å². The van der Waals surface area contributed by atoms with Crippen molar-refractivity contribution >= 4 is 0 Å². The molecule has 0 radical (unpaired) electrons. The maximum atomic E-state index is 9.31. The summed E-state index contributed by atoms with van der Waals surface area (Å²) in [5.41, 5.74) is -0.392. The van der Waals surface area contributed by atoms with Gasteiger partial charge in [0.1, 0.15) is 5.54 Å². The molecule has 0 aliphatic heterocycles. The van der Waals surface area contributed by atoms with Crippen LogP contribution in [0.4, 0.5) is 0 Å². The van der Waals surface area contributed by atoms with Crippen LogP contribution in [0.25, 0.3) is 0 Å². The smallest absolute Gasteiger partial charge is 0.105 e. The summed E-state index contributed by atoms with van der Waals surface area (Å²) in [6, 6.07) is 2.88. The molecule has 0 aliphatic rings. The summed E-state index contributed by atoms with van der Waals surface area (Å²) in [7, 11) is 0. The number of hydrogen-bond acceptors (Lipinski definition) is 3. The monoisotopic (exact) mass is 239 g/mol. The first-order chi connectivity index (χ1) is 8.02. The fraction of sp³-hybridized carbons (Fsp3) is 0.929. The zero-order chi connectivity index (χ0) is 13.3. The molecule has 0 saturated carbocycles. The van der Waals surface area contributed by atoms with Crippen LogP contribution in [0.3, 0.4) is 0 Å². The maximum absolute atomic E-state index is 9.31. The Morgan fingerprint density at radius 3 is 2.35 bits per heavy atom. The lowest BCUT2D eigenvalue weighted by atomic mass is 9.94. The van der Waals surface area contributed by atoms with Gasteiger partial charge in [-0.3, -0.25) is 5.32 Å². The van der Waals surface area contributed by atoms with Crippen molar-refractivity contribution in [3.05, 3.63) is 0 Å². The van der Waals surface area contributed by atoms with Gasteiger partial charge < -0.3 is 4.90 Å². The van der Waals surface area contributed by atoms with Gasteiger partial charge in [0.05, 0.1) is 6.07 Å². The highest BCUT2D eigenvalue weighted by atomic mass is 15.1. The topological polar surface area (TPSA) is 39.1 Å². The quantitative estimate of drug-likeness (QED) is 0.672. The van der Waals surface area contributed by atoms with E-state index >= 15 is 0 Å². The standard InChI is InChI=1S/C14H29N3/c1-6-9-16-14(5,12-15)11-13(4)17(8-3)10-7-2/h13,16H,6-11H2,1-5H3. The van der Waals surface area contributed by atoms with Crippen molar-refractivity contribution in [1.29, 1.82) is 5.26 Å². The number of nitrogens with one attached hydrogen (secondary N) is 1. The van der Waals surface area contributed by atoms with E-state index < -0.39 is 5.54 Å². The van der Waals surface area contributed by atoms with Crippen LogP contribution in [0.5, 0.6) is 0 Å². The molecule has 0 amide bonds. The van der Waals surface area contributed by atoms with Gasteiger partial charge in [-0.15, -0.1) is 0 Å². The van der Waals surface area contributed by atoms with Crippen molar-refractivity contribution in [2.24, 2.45) is 0 Å². The average molecular weight is 239 g/mol. The highest BCUT2D eigenvalue weighted by molar-refractivity contribution is 5.05. The van der Waals surface area contributed by atoms with Gasteiger partial charge in [-0.1, -0.05) is 20.8 Å². The molecule has 0 rings (SSSR count). The van der Waals surface area contributed by atoms with Crippen molar-refractivity contribution in [3.63, 3.8) is 0 Å². The van der Waals surface area contributed by atoms with Gasteiger partial charge in [-0.2, -0.15) is 5.26 Å². The summed E-state index contributed by atoms with van der Waals surface area (Å²) in [6.07, 6.45) is 3.12. The molecule has 0 aromatic rings. The number of rotatable bonds is 9. The number of nitrogens with zero attached hydrogens (tertiary/aromatic N) is 2. The van der Waals surface area contributed by atoms with Gasteiger partial charge in [0, 0.05) is 6.04 Å². The van der Waals surface area contributed by atoms with E-state index in [1.54, 1.807) is 0 Å². The Morgan fingerprint density at radius 1 is 1.29 bits per heavy atom. The van der Waals surface area contributed by atoms with E-state index in [4.69, 9.17) is 0 Å². The molecule has 0 saturated heterocycles. The first kappa shape index (κ1) is 16.4. The predicted molar refractivity (Wildman–Crippen MR) is 73.9 cm³/mol. The van der Waals surface area contributed by atoms with Crippen LogP contribution < -0.4 is 5.32 Å². The molecule has 2 unspecified atom stereocenters. The van der Waals surface area contributed by atoms with Crippen molar-refractivity contribution in [2.75, 3.05) is 19.6 Å². The Hall–Kier alpha value is -0.590. The van der Waals surface area contributed by atoms with E-state index in [-0.39, 0.29) is 0 Å². The number of hydrogen-bond donors (Lipinski definition) is 1. The molecule has 0 aromatic heterocycles. The average Bonchev–Trinajstić information content (AvgIpc) is 2.33. The molecule has 0 aliphatic carbocycles. The van der Waals surface area contributed by atoms with Crippen LogP contribution in [0.1, 0.15) is 53.9 Å². The van der Waals surface area contributed by atoms with Gasteiger partial charge in [0.2, 0.25) is 0 Å². The Labute approximate surface area is 107 Å². The second-order valence-corrected chi connectivity index (χ2v) is 5.05. The zero-order valence-electron chi connectivity index (χ0n) is 12.2. The number of nitriles is 1. The molecule has 0 aromatic carbocycles. The predicted octanol–water partition coefficient (Wildman–Crippen LogP) is 2.78. The summed E-state index contributed by atoms with van der Waals surface area (Å²) in [5, 5.41) is 12.7. The van der Waals surface area contributed by atoms with Crippen molar-refractivity contribution in [1.82, 2.24) is 10.2 Å². The van der Waals surface area contributed by atoms with Crippen LogP contribution in [0.2, 0.25) is 0 Å². The normalized spacial score (nSPS) is 16.5. The second kappa shape index (κ2) is 8.49. The minimum atomic E-state index is -0.392. The highest BCUT2D eigenvalue weighted by Gasteiger charge is 2.27. The second-order valence-electron chi connectivity index (χ2n) is 5.05. The van der Waals surface area contributed by atoms with E-state index in [1.807, 2.05) is 6.92 Å². The van der Waals surface area contributed by atoms with Crippen molar-refractivity contribution in [2.45, 2.75) is 65.5 Å². The summed E-state index contributed by atoms with van der Waals surface area (Å²) < 4.78 is 0. The van der Waals surface area contributed by atoms with Crippen molar-refractivity contribution in [3.8, 4) is 6.07 Å². The maximum Gasteiger partial charge on any atom is 0.105 e. The van der Waals surface area contributed by atoms with Gasteiger partial charge in [-0.05, 0) is 52.7 Å². The summed E-state index contributed by atoms with van der Waals surface area (Å²) >= 11 is 0. The van der Waals surface area contributed by atoms with E-state index in [0.29, 0.717) is 6.04 Å². The van der Waals surface area contributed by atoms with Crippen LogP contribution in [-0.4, -0.2) is 36.1 Å². The summed E-state index contributed by atoms with van der Waals surface area (Å²) in [4.78, 5) is 2.45. The molecule has 100 valence electrons. The van der Waals surface area contributed by atoms with Crippen LogP contribution in [-0.2, 0) is 0 Å². The molecule has 0 heterocycles. The third kappa shape index (κ3) is 6.05. The SMILES string of the molecule is CCCNC(C)(C#N)CC(C)N(CC)CCC. The minimum absolute atomic E-state index is 0.392. The van der Waals surface area contributed by atoms with Crippen LogP contribution in [0.15, 0.2) is 0 Å². The van der Waals surface area contributed by atoms with Gasteiger partial charge in [0.25, 0.3) is 0 Å². The van der Waals surface area contributed by atoms with Crippen molar-refractivity contribution < 1.29 is 0 Å². The summed E-state index contributed by atoms with van der Waals surface area (Å²) in [6.45, 7) is 13.8.